The summed E-state index contributed by atoms with van der Waals surface area (Å²) >= 11 is 2.18. The first kappa shape index (κ1) is 16.6. The molecule has 0 spiro atoms. The Morgan fingerprint density at radius 3 is 2.88 bits per heavy atom. The Morgan fingerprint density at radius 1 is 1.33 bits per heavy atom. The summed E-state index contributed by atoms with van der Waals surface area (Å²) in [5.41, 5.74) is 3.32. The van der Waals surface area contributed by atoms with Gasteiger partial charge in [-0.1, -0.05) is 12.1 Å². The molecule has 6 nitrogen and oxygen atoms in total. The van der Waals surface area contributed by atoms with Gasteiger partial charge in [-0.2, -0.15) is 5.10 Å². The minimum absolute atomic E-state index is 0.152. The van der Waals surface area contributed by atoms with Gasteiger partial charge in [-0.15, -0.1) is 0 Å². The molecule has 0 saturated carbocycles. The zero-order valence-electron chi connectivity index (χ0n) is 12.9. The van der Waals surface area contributed by atoms with Crippen LogP contribution in [0, 0.1) is 3.57 Å². The van der Waals surface area contributed by atoms with Gasteiger partial charge in [-0.25, -0.2) is 5.43 Å². The van der Waals surface area contributed by atoms with Crippen molar-refractivity contribution < 1.29 is 19.0 Å². The molecule has 0 saturated heterocycles. The van der Waals surface area contributed by atoms with Crippen LogP contribution in [0.4, 0.5) is 0 Å². The SMILES string of the molecule is COc1ccc(C=NNC(=O)C2COc3ccccc3O2)cc1I. The molecule has 2 aromatic rings. The molecule has 1 heterocycles. The number of amides is 1. The molecule has 1 unspecified atom stereocenters. The number of fused-ring (bicyclic) bond motifs is 1. The molecule has 3 rings (SSSR count). The fourth-order valence-corrected chi connectivity index (χ4v) is 2.91. The van der Waals surface area contributed by atoms with Gasteiger partial charge in [0.25, 0.3) is 5.91 Å². The minimum atomic E-state index is -0.729. The Labute approximate surface area is 152 Å². The number of rotatable bonds is 4. The molecule has 0 fully saturated rings. The van der Waals surface area contributed by atoms with E-state index in [9.17, 15) is 4.79 Å². The standard InChI is InChI=1S/C17H15IN2O4/c1-22-13-7-6-11(8-12(13)18)9-19-20-17(21)16-10-23-14-4-2-3-5-15(14)24-16/h2-9,16H,10H2,1H3,(H,20,21). The van der Waals surface area contributed by atoms with Crippen LogP contribution in [0.15, 0.2) is 47.6 Å². The van der Waals surface area contributed by atoms with E-state index in [2.05, 4.69) is 33.1 Å². The van der Waals surface area contributed by atoms with Gasteiger partial charge < -0.3 is 14.2 Å². The van der Waals surface area contributed by atoms with Crippen molar-refractivity contribution in [3.8, 4) is 17.2 Å². The lowest BCUT2D eigenvalue weighted by atomic mass is 10.2. The second-order valence-electron chi connectivity index (χ2n) is 4.99. The fourth-order valence-electron chi connectivity index (χ4n) is 2.15. The Hall–Kier alpha value is -2.29. The summed E-state index contributed by atoms with van der Waals surface area (Å²) < 4.78 is 17.3. The average Bonchev–Trinajstić information content (AvgIpc) is 2.61. The van der Waals surface area contributed by atoms with E-state index in [1.54, 1.807) is 25.5 Å². The van der Waals surface area contributed by atoms with E-state index in [0.29, 0.717) is 11.5 Å². The highest BCUT2D eigenvalue weighted by molar-refractivity contribution is 14.1. The van der Waals surface area contributed by atoms with Crippen molar-refractivity contribution in [2.24, 2.45) is 5.10 Å². The van der Waals surface area contributed by atoms with Crippen molar-refractivity contribution in [2.75, 3.05) is 13.7 Å². The molecule has 124 valence electrons. The molecule has 1 amide bonds. The number of carbonyl (C=O) groups is 1. The van der Waals surface area contributed by atoms with Gasteiger partial charge in [0.2, 0.25) is 6.10 Å². The second-order valence-corrected chi connectivity index (χ2v) is 6.15. The van der Waals surface area contributed by atoms with Gasteiger partial charge in [0.05, 0.1) is 16.9 Å². The summed E-state index contributed by atoms with van der Waals surface area (Å²) in [6.45, 7) is 0.152. The number of ether oxygens (including phenoxy) is 3. The smallest absolute Gasteiger partial charge is 0.284 e. The van der Waals surface area contributed by atoms with Crippen LogP contribution < -0.4 is 19.6 Å². The Bertz CT molecular complexity index is 779. The number of carbonyl (C=O) groups excluding carboxylic acids is 1. The third kappa shape index (κ3) is 3.78. The number of hydrogen-bond acceptors (Lipinski definition) is 5. The van der Waals surface area contributed by atoms with E-state index >= 15 is 0 Å². The number of benzene rings is 2. The van der Waals surface area contributed by atoms with Crippen LogP contribution in [0.1, 0.15) is 5.56 Å². The summed E-state index contributed by atoms with van der Waals surface area (Å²) in [6, 6.07) is 12.8. The van der Waals surface area contributed by atoms with E-state index in [1.165, 1.54) is 0 Å². The van der Waals surface area contributed by atoms with E-state index in [1.807, 2.05) is 30.3 Å². The van der Waals surface area contributed by atoms with Gasteiger partial charge in [0.15, 0.2) is 11.5 Å². The number of methoxy groups -OCH3 is 1. The maximum atomic E-state index is 12.1. The van der Waals surface area contributed by atoms with Gasteiger partial charge in [-0.3, -0.25) is 4.79 Å². The van der Waals surface area contributed by atoms with Crippen LogP contribution in [0.5, 0.6) is 17.2 Å². The van der Waals surface area contributed by atoms with Crippen molar-refractivity contribution in [3.05, 3.63) is 51.6 Å². The molecule has 1 aliphatic rings. The van der Waals surface area contributed by atoms with Crippen LogP contribution in [0.2, 0.25) is 0 Å². The van der Waals surface area contributed by atoms with Gasteiger partial charge in [0, 0.05) is 0 Å². The first-order chi connectivity index (χ1) is 11.7. The van der Waals surface area contributed by atoms with Gasteiger partial charge in [-0.05, 0) is 58.5 Å². The van der Waals surface area contributed by atoms with Gasteiger partial charge in [0.1, 0.15) is 12.4 Å². The number of halogens is 1. The lowest BCUT2D eigenvalue weighted by molar-refractivity contribution is -0.130. The zero-order valence-corrected chi connectivity index (χ0v) is 15.0. The number of para-hydroxylation sites is 2. The zero-order chi connectivity index (χ0) is 16.9. The number of hydrogen-bond donors (Lipinski definition) is 1. The molecule has 1 aliphatic heterocycles. The summed E-state index contributed by atoms with van der Waals surface area (Å²) in [5, 5.41) is 3.97. The van der Waals surface area contributed by atoms with E-state index < -0.39 is 6.10 Å². The molecule has 0 radical (unpaired) electrons. The highest BCUT2D eigenvalue weighted by Gasteiger charge is 2.26. The third-order valence-electron chi connectivity index (χ3n) is 3.37. The summed E-state index contributed by atoms with van der Waals surface area (Å²) in [6.07, 6.45) is 0.838. The Kier molecular flexibility index (Phi) is 5.19. The quantitative estimate of drug-likeness (QED) is 0.453. The molecular formula is C17H15IN2O4. The summed E-state index contributed by atoms with van der Waals surface area (Å²) in [4.78, 5) is 12.1. The summed E-state index contributed by atoms with van der Waals surface area (Å²) in [7, 11) is 1.62. The molecule has 24 heavy (non-hydrogen) atoms. The molecule has 1 N–H and O–H groups in total. The Morgan fingerprint density at radius 2 is 2.12 bits per heavy atom. The van der Waals surface area contributed by atoms with Crippen molar-refractivity contribution in [1.82, 2.24) is 5.43 Å². The molecule has 0 aliphatic carbocycles. The predicted molar refractivity (Wildman–Crippen MR) is 97.8 cm³/mol. The Balaban J connectivity index is 1.59. The van der Waals surface area contributed by atoms with Crippen molar-refractivity contribution in [2.45, 2.75) is 6.10 Å². The molecular weight excluding hydrogens is 423 g/mol. The second kappa shape index (κ2) is 7.52. The van der Waals surface area contributed by atoms with E-state index in [4.69, 9.17) is 14.2 Å². The number of nitrogens with one attached hydrogen (secondary N) is 1. The minimum Gasteiger partial charge on any atom is -0.496 e. The lowest BCUT2D eigenvalue weighted by Crippen LogP contribution is -2.42. The molecule has 0 bridgehead atoms. The number of hydrazone groups is 1. The van der Waals surface area contributed by atoms with E-state index in [0.717, 1.165) is 14.9 Å². The average molecular weight is 438 g/mol. The fraction of sp³-hybridized carbons (Fsp3) is 0.176. The van der Waals surface area contributed by atoms with Crippen LogP contribution in [-0.4, -0.2) is 31.9 Å². The van der Waals surface area contributed by atoms with Crippen LogP contribution in [0.25, 0.3) is 0 Å². The van der Waals surface area contributed by atoms with Crippen molar-refractivity contribution >= 4 is 34.7 Å². The van der Waals surface area contributed by atoms with Crippen LogP contribution in [-0.2, 0) is 4.79 Å². The first-order valence-electron chi connectivity index (χ1n) is 7.22. The molecule has 0 aromatic heterocycles. The van der Waals surface area contributed by atoms with Gasteiger partial charge >= 0.3 is 0 Å². The summed E-state index contributed by atoms with van der Waals surface area (Å²) in [5.74, 6) is 1.63. The van der Waals surface area contributed by atoms with Crippen molar-refractivity contribution in [3.63, 3.8) is 0 Å². The van der Waals surface area contributed by atoms with E-state index in [-0.39, 0.29) is 12.5 Å². The largest absolute Gasteiger partial charge is 0.496 e. The topological polar surface area (TPSA) is 69.2 Å². The first-order valence-corrected chi connectivity index (χ1v) is 8.30. The third-order valence-corrected chi connectivity index (χ3v) is 4.21. The van der Waals surface area contributed by atoms with Crippen LogP contribution in [0.3, 0.4) is 0 Å². The highest BCUT2D eigenvalue weighted by atomic mass is 127. The molecule has 2 aromatic carbocycles. The van der Waals surface area contributed by atoms with Crippen LogP contribution >= 0.6 is 22.6 Å². The monoisotopic (exact) mass is 438 g/mol. The normalized spacial score (nSPS) is 16.0. The maximum absolute atomic E-state index is 12.1. The molecule has 1 atom stereocenters. The molecule has 7 heteroatoms. The number of nitrogens with zero attached hydrogens (tertiary/aromatic N) is 1. The lowest BCUT2D eigenvalue weighted by Gasteiger charge is -2.24. The predicted octanol–water partition coefficient (Wildman–Crippen LogP) is 2.59. The highest BCUT2D eigenvalue weighted by Crippen LogP contribution is 2.30. The maximum Gasteiger partial charge on any atom is 0.284 e. The van der Waals surface area contributed by atoms with Crippen molar-refractivity contribution in [1.29, 1.82) is 0 Å².